The second-order valence-corrected chi connectivity index (χ2v) is 11.7. The van der Waals surface area contributed by atoms with Crippen molar-refractivity contribution in [3.63, 3.8) is 0 Å². The van der Waals surface area contributed by atoms with Gasteiger partial charge in [0.05, 0.1) is 12.7 Å². The third-order valence-electron chi connectivity index (χ3n) is 3.17. The summed E-state index contributed by atoms with van der Waals surface area (Å²) in [5.41, 5.74) is 8.53. The minimum Gasteiger partial charge on any atom is -0.394 e. The Kier molecular flexibility index (Phi) is 6.40. The summed E-state index contributed by atoms with van der Waals surface area (Å²) in [4.78, 5) is 2.64. The molecule has 0 unspecified atom stereocenters. The molecule has 1 saturated heterocycles. The van der Waals surface area contributed by atoms with Gasteiger partial charge in [-0.3, -0.25) is 0 Å². The van der Waals surface area contributed by atoms with E-state index in [0.29, 0.717) is 6.61 Å². The first-order valence-corrected chi connectivity index (χ1v) is 10.3. The van der Waals surface area contributed by atoms with Gasteiger partial charge in [0.25, 0.3) is 0 Å². The predicted molar refractivity (Wildman–Crippen MR) is 74.8 cm³/mol. The van der Waals surface area contributed by atoms with E-state index in [1.165, 1.54) is 0 Å². The van der Waals surface area contributed by atoms with Gasteiger partial charge in [0.15, 0.2) is 6.29 Å². The molecule has 0 aromatic rings. The summed E-state index contributed by atoms with van der Waals surface area (Å²) >= 11 is 0. The molecule has 0 spiro atoms. The monoisotopic (exact) mass is 305 g/mol. The van der Waals surface area contributed by atoms with Gasteiger partial charge in [0, 0.05) is 19.6 Å². The van der Waals surface area contributed by atoms with E-state index in [4.69, 9.17) is 20.1 Å². The lowest BCUT2D eigenvalue weighted by Gasteiger charge is -2.40. The topological polar surface area (TPSA) is 128 Å². The Morgan fingerprint density at radius 3 is 2.45 bits per heavy atom. The quantitative estimate of drug-likeness (QED) is 0.284. The van der Waals surface area contributed by atoms with Gasteiger partial charge in [-0.05, 0) is 11.6 Å². The van der Waals surface area contributed by atoms with Gasteiger partial charge in [-0.1, -0.05) is 24.8 Å². The summed E-state index contributed by atoms with van der Waals surface area (Å²) in [5, 5.41) is 32.2. The van der Waals surface area contributed by atoms with Crippen LogP contribution < -0.4 is 0 Å². The van der Waals surface area contributed by atoms with Crippen LogP contribution in [0.15, 0.2) is 5.11 Å². The van der Waals surface area contributed by atoms with Gasteiger partial charge in [-0.2, -0.15) is 0 Å². The van der Waals surface area contributed by atoms with Gasteiger partial charge in [-0.15, -0.1) is 0 Å². The summed E-state index contributed by atoms with van der Waals surface area (Å²) in [6, 6.07) is -0.141. The fourth-order valence-corrected chi connectivity index (χ4v) is 2.60. The highest BCUT2D eigenvalue weighted by Crippen LogP contribution is 2.25. The van der Waals surface area contributed by atoms with E-state index in [9.17, 15) is 10.2 Å². The molecule has 3 N–H and O–H groups in total. The summed E-state index contributed by atoms with van der Waals surface area (Å²) in [6.07, 6.45) is -4.55. The van der Waals surface area contributed by atoms with Gasteiger partial charge in [0.2, 0.25) is 0 Å². The number of azide groups is 1. The van der Waals surface area contributed by atoms with Gasteiger partial charge >= 0.3 is 0 Å². The lowest BCUT2D eigenvalue weighted by molar-refractivity contribution is -0.264. The lowest BCUT2D eigenvalue weighted by Crippen LogP contribution is -2.58. The molecular formula is C11H23N3O5Si. The Morgan fingerprint density at radius 2 is 1.95 bits per heavy atom. The molecule has 0 bridgehead atoms. The van der Waals surface area contributed by atoms with Gasteiger partial charge in [0.1, 0.15) is 18.2 Å². The largest absolute Gasteiger partial charge is 0.394 e. The molecule has 20 heavy (non-hydrogen) atoms. The summed E-state index contributed by atoms with van der Waals surface area (Å²) < 4.78 is 10.9. The van der Waals surface area contributed by atoms with E-state index in [2.05, 4.69) is 29.7 Å². The van der Waals surface area contributed by atoms with Crippen molar-refractivity contribution >= 4 is 8.07 Å². The van der Waals surface area contributed by atoms with Crippen LogP contribution in [0.4, 0.5) is 0 Å². The molecule has 1 aliphatic rings. The van der Waals surface area contributed by atoms with Crippen molar-refractivity contribution < 1.29 is 24.8 Å². The van der Waals surface area contributed by atoms with Crippen molar-refractivity contribution in [1.29, 1.82) is 0 Å². The van der Waals surface area contributed by atoms with Crippen LogP contribution in [-0.4, -0.2) is 67.3 Å². The zero-order valence-corrected chi connectivity index (χ0v) is 13.0. The molecule has 1 heterocycles. The van der Waals surface area contributed by atoms with Gasteiger partial charge in [-0.25, -0.2) is 0 Å². The molecule has 1 rings (SSSR count). The lowest BCUT2D eigenvalue weighted by atomic mass is 9.98. The number of aliphatic hydroxyl groups excluding tert-OH is 3. The first kappa shape index (κ1) is 17.4. The normalized spacial score (nSPS) is 34.6. The van der Waals surface area contributed by atoms with Crippen LogP contribution >= 0.6 is 0 Å². The number of ether oxygens (including phenoxy) is 2. The Hall–Kier alpha value is -0.673. The molecule has 0 aliphatic carbocycles. The maximum atomic E-state index is 9.92. The second kappa shape index (κ2) is 7.37. The molecule has 0 aromatic heterocycles. The van der Waals surface area contributed by atoms with Crippen LogP contribution in [0.25, 0.3) is 10.4 Å². The molecule has 5 atom stereocenters. The highest BCUT2D eigenvalue weighted by molar-refractivity contribution is 6.76. The van der Waals surface area contributed by atoms with Crippen molar-refractivity contribution in [2.75, 3.05) is 13.2 Å². The van der Waals surface area contributed by atoms with Crippen molar-refractivity contribution in [1.82, 2.24) is 0 Å². The summed E-state index contributed by atoms with van der Waals surface area (Å²) in [7, 11) is -1.28. The van der Waals surface area contributed by atoms with E-state index in [0.717, 1.165) is 6.04 Å². The van der Waals surface area contributed by atoms with Crippen molar-refractivity contribution in [2.24, 2.45) is 5.11 Å². The Bertz CT molecular complexity index is 358. The molecule has 0 radical (unpaired) electrons. The van der Waals surface area contributed by atoms with Crippen LogP contribution in [-0.2, 0) is 9.47 Å². The molecule has 0 saturated carbocycles. The number of hydrogen-bond acceptors (Lipinski definition) is 6. The zero-order valence-electron chi connectivity index (χ0n) is 12.0. The highest BCUT2D eigenvalue weighted by Gasteiger charge is 2.44. The second-order valence-electron chi connectivity index (χ2n) is 6.08. The molecule has 1 aliphatic heterocycles. The van der Waals surface area contributed by atoms with E-state index < -0.39 is 45.3 Å². The van der Waals surface area contributed by atoms with E-state index >= 15 is 0 Å². The maximum absolute atomic E-state index is 9.92. The van der Waals surface area contributed by atoms with E-state index in [-0.39, 0.29) is 0 Å². The molecule has 8 nitrogen and oxygen atoms in total. The van der Waals surface area contributed by atoms with Crippen LogP contribution in [0.5, 0.6) is 0 Å². The summed E-state index contributed by atoms with van der Waals surface area (Å²) in [6.45, 7) is 6.54. The first-order chi connectivity index (χ1) is 9.30. The number of nitrogens with zero attached hydrogens (tertiary/aromatic N) is 3. The Labute approximate surface area is 119 Å². The molecule has 0 amide bonds. The number of rotatable bonds is 6. The smallest absolute Gasteiger partial charge is 0.169 e. The van der Waals surface area contributed by atoms with Gasteiger partial charge < -0.3 is 24.8 Å². The maximum Gasteiger partial charge on any atom is 0.169 e. The van der Waals surface area contributed by atoms with Crippen molar-refractivity contribution in [3.05, 3.63) is 10.4 Å². The standard InChI is InChI=1S/C11H23N3O5Si/c1-20(2,3)5-4-18-11-8(13-14-12)10(17)9(16)7(6-15)19-11/h7-11,15-17H,4-6H2,1-3H3/t7-,8-,9-,10-,11+/m1/s1. The summed E-state index contributed by atoms with van der Waals surface area (Å²) in [5.74, 6) is 0. The van der Waals surface area contributed by atoms with Crippen molar-refractivity contribution in [3.8, 4) is 0 Å². The Balaban J connectivity index is 2.70. The Morgan fingerprint density at radius 1 is 1.30 bits per heavy atom. The molecular weight excluding hydrogens is 282 g/mol. The van der Waals surface area contributed by atoms with Crippen LogP contribution in [0.1, 0.15) is 0 Å². The third kappa shape index (κ3) is 4.71. The minimum absolute atomic E-state index is 0.415. The minimum atomic E-state index is -1.33. The molecule has 1 fully saturated rings. The predicted octanol–water partition coefficient (Wildman–Crippen LogP) is 0.459. The fourth-order valence-electron chi connectivity index (χ4n) is 1.87. The van der Waals surface area contributed by atoms with Crippen LogP contribution in [0, 0.1) is 0 Å². The molecule has 9 heteroatoms. The highest BCUT2D eigenvalue weighted by atomic mass is 28.3. The first-order valence-electron chi connectivity index (χ1n) is 6.58. The number of hydrogen-bond donors (Lipinski definition) is 3. The zero-order chi connectivity index (χ0) is 15.3. The van der Waals surface area contributed by atoms with Crippen LogP contribution in [0.3, 0.4) is 0 Å². The SMILES string of the molecule is C[Si](C)(C)CCO[C@H]1O[C@H](CO)[C@@H](O)[C@H](O)[C@H]1N=[N+]=[N-]. The van der Waals surface area contributed by atoms with E-state index in [1.54, 1.807) is 0 Å². The van der Waals surface area contributed by atoms with Crippen LogP contribution in [0.2, 0.25) is 25.7 Å². The average Bonchev–Trinajstić information content (AvgIpc) is 2.36. The average molecular weight is 305 g/mol. The molecule has 116 valence electrons. The molecule has 0 aromatic carbocycles. The fraction of sp³-hybridized carbons (Fsp3) is 1.00. The van der Waals surface area contributed by atoms with E-state index in [1.807, 2.05) is 0 Å². The third-order valence-corrected chi connectivity index (χ3v) is 4.87. The number of aliphatic hydroxyl groups is 3. The van der Waals surface area contributed by atoms with Crippen molar-refractivity contribution in [2.45, 2.75) is 56.3 Å².